The number of hydrogen-bond acceptors (Lipinski definition) is 0. The van der Waals surface area contributed by atoms with E-state index in [9.17, 15) is 0 Å². The van der Waals surface area contributed by atoms with E-state index in [0.717, 1.165) is 0 Å². The summed E-state index contributed by atoms with van der Waals surface area (Å²) in [5.41, 5.74) is 0. The first kappa shape index (κ1) is 102. The third kappa shape index (κ3) is 33.5. The molecule has 0 radical (unpaired) electrons. The van der Waals surface area contributed by atoms with Crippen molar-refractivity contribution >= 4 is 48.7 Å². The van der Waals surface area contributed by atoms with Crippen LogP contribution in [0.4, 0.5) is 4.70 Å². The Morgan fingerprint density at radius 1 is 0.800 bits per heavy atom. The third-order valence-corrected chi connectivity index (χ3v) is 0. The van der Waals surface area contributed by atoms with Gasteiger partial charge in [0.1, 0.15) is 0 Å². The van der Waals surface area contributed by atoms with E-state index in [-0.39, 0.29) is 64.4 Å². The van der Waals surface area contributed by atoms with E-state index in [0.29, 0.717) is 0 Å². The quantitative estimate of drug-likeness (QED) is 0.301. The molecule has 0 atom stereocenters. The van der Waals surface area contributed by atoms with Crippen molar-refractivity contribution in [3.8, 4) is 0 Å². The molecule has 5 heteroatoms. The molecule has 0 saturated heterocycles. The van der Waals surface area contributed by atoms with Gasteiger partial charge in [0.15, 0.2) is 0 Å². The maximum Gasteiger partial charge on any atom is -0.0149 e. The fourth-order valence-electron chi connectivity index (χ4n) is 0. The Kier molecular flexibility index (Phi) is 1160. The molecule has 0 amide bonds. The molecule has 0 spiro atoms. The minimum atomic E-state index is 0. The summed E-state index contributed by atoms with van der Waals surface area (Å²) in [5, 5.41) is 0. The first-order chi connectivity index (χ1) is 0. The van der Waals surface area contributed by atoms with E-state index in [1.807, 2.05) is 0 Å². The van der Waals surface area contributed by atoms with Crippen LogP contribution < -0.4 is 0 Å². The van der Waals surface area contributed by atoms with Gasteiger partial charge >= 0.3 is 37.7 Å². The molecule has 0 saturated carbocycles. The van der Waals surface area contributed by atoms with Gasteiger partial charge in [-0.25, -0.2) is 0 Å². The Hall–Kier alpha value is 1.33. The molecular formula is H11CaFO2Si. The van der Waals surface area contributed by atoms with Gasteiger partial charge in [-0.3, -0.25) is 4.70 Å². The predicted octanol–water partition coefficient (Wildman–Crippen LogP) is -3.86. The first-order valence-electron chi connectivity index (χ1n) is 0. The van der Waals surface area contributed by atoms with Crippen molar-refractivity contribution in [3.05, 3.63) is 0 Å². The minimum absolute atomic E-state index is 0. The minimum Gasteiger partial charge on any atom is -0.0149 e. The smallest absolute Gasteiger partial charge is 0.0149 e. The molecule has 0 aromatic rings. The second-order valence-corrected chi connectivity index (χ2v) is 0. The summed E-state index contributed by atoms with van der Waals surface area (Å²) < 4.78 is 0. The van der Waals surface area contributed by atoms with Crippen molar-refractivity contribution in [2.45, 2.75) is 0 Å². The molecule has 0 bridgehead atoms. The van der Waals surface area contributed by atoms with E-state index < -0.39 is 0 Å². The van der Waals surface area contributed by atoms with Crippen LogP contribution in [0.1, 0.15) is 0 Å². The van der Waals surface area contributed by atoms with Gasteiger partial charge in [0.05, 0.1) is 0 Å². The van der Waals surface area contributed by atoms with Crippen molar-refractivity contribution in [2.75, 3.05) is 0 Å². The zero-order valence-electron chi connectivity index (χ0n) is 1.41. The summed E-state index contributed by atoms with van der Waals surface area (Å²) in [6.45, 7) is 0. The van der Waals surface area contributed by atoms with Gasteiger partial charge < -0.3 is 11.0 Å². The summed E-state index contributed by atoms with van der Waals surface area (Å²) in [5.74, 6) is 0. The summed E-state index contributed by atoms with van der Waals surface area (Å²) in [4.78, 5) is 0. The Labute approximate surface area is 63.9 Å². The van der Waals surface area contributed by atoms with Gasteiger partial charge in [0, 0.05) is 0 Å². The van der Waals surface area contributed by atoms with Crippen LogP contribution in [0, 0.1) is 0 Å². The first-order valence-corrected chi connectivity index (χ1v) is 0. The maximum absolute atomic E-state index is 0. The average molecular weight is 130 g/mol. The molecular weight excluding hydrogens is 119 g/mol. The molecule has 0 aromatic heterocycles. The van der Waals surface area contributed by atoms with Crippen LogP contribution in [0.5, 0.6) is 0 Å². The number of halogens is 1. The van der Waals surface area contributed by atoms with E-state index in [1.54, 1.807) is 0 Å². The van der Waals surface area contributed by atoms with Crippen LogP contribution in [0.3, 0.4) is 0 Å². The van der Waals surface area contributed by atoms with Crippen molar-refractivity contribution in [1.29, 1.82) is 0 Å². The van der Waals surface area contributed by atoms with Crippen molar-refractivity contribution in [2.24, 2.45) is 0 Å². The monoisotopic (exact) mass is 130 g/mol. The zero-order chi connectivity index (χ0) is 0. The summed E-state index contributed by atoms with van der Waals surface area (Å²) in [6, 6.07) is 0. The molecule has 0 rings (SSSR count). The van der Waals surface area contributed by atoms with Crippen LogP contribution in [0.2, 0.25) is 0 Å². The fraction of sp³-hybridized carbons (Fsp3) is 0. The standard InChI is InChI=1S/Ca.FH.2H2O.H4Si.2H/h;1H;2*1H2;1H4;;. The van der Waals surface area contributed by atoms with E-state index in [1.165, 1.54) is 0 Å². The van der Waals surface area contributed by atoms with Crippen molar-refractivity contribution in [3.63, 3.8) is 0 Å². The summed E-state index contributed by atoms with van der Waals surface area (Å²) in [6.07, 6.45) is 0. The van der Waals surface area contributed by atoms with Gasteiger partial charge in [-0.05, 0) is 11.0 Å². The summed E-state index contributed by atoms with van der Waals surface area (Å²) in [7, 11) is 0. The Morgan fingerprint density at radius 2 is 0.800 bits per heavy atom. The van der Waals surface area contributed by atoms with Crippen LogP contribution in [0.25, 0.3) is 0 Å². The van der Waals surface area contributed by atoms with Crippen LogP contribution in [0.15, 0.2) is 0 Å². The largest absolute Gasteiger partial charge is 0.0149 e. The van der Waals surface area contributed by atoms with Gasteiger partial charge in [0.25, 0.3) is 0 Å². The fourth-order valence-corrected chi connectivity index (χ4v) is 0. The van der Waals surface area contributed by atoms with Crippen LogP contribution in [-0.2, 0) is 0 Å². The Bertz CT molecular complexity index is 9.61. The number of rotatable bonds is 0. The normalized spacial score (nSPS) is 0. The molecule has 0 aliphatic rings. The second kappa shape index (κ2) is 56.7. The SMILES string of the molecule is F.O.O.[CaH2].[SiH4]. The maximum atomic E-state index is 0. The molecule has 0 unspecified atom stereocenters. The molecule has 0 aliphatic carbocycles. The van der Waals surface area contributed by atoms with Gasteiger partial charge in [0.2, 0.25) is 0 Å². The molecule has 0 aliphatic heterocycles. The van der Waals surface area contributed by atoms with Crippen LogP contribution >= 0.6 is 0 Å². The molecule has 5 heavy (non-hydrogen) atoms. The van der Waals surface area contributed by atoms with Crippen molar-refractivity contribution in [1.82, 2.24) is 0 Å². The molecule has 0 aromatic carbocycles. The van der Waals surface area contributed by atoms with E-state index in [4.69, 9.17) is 0 Å². The zero-order valence-corrected chi connectivity index (χ0v) is 1.41. The van der Waals surface area contributed by atoms with Gasteiger partial charge in [-0.15, -0.1) is 0 Å². The molecule has 0 fully saturated rings. The molecule has 0 heterocycles. The Balaban J connectivity index is 0. The topological polar surface area (TPSA) is 63.0 Å². The van der Waals surface area contributed by atoms with Gasteiger partial charge in [-0.2, -0.15) is 0 Å². The number of hydrogen-bond donors (Lipinski definition) is 0. The van der Waals surface area contributed by atoms with Gasteiger partial charge in [-0.1, -0.05) is 0 Å². The Morgan fingerprint density at radius 3 is 0.800 bits per heavy atom. The van der Waals surface area contributed by atoms with Crippen LogP contribution in [-0.4, -0.2) is 59.7 Å². The van der Waals surface area contributed by atoms with Crippen molar-refractivity contribution < 1.29 is 15.7 Å². The molecule has 4 N–H and O–H groups in total. The predicted molar refractivity (Wildman–Crippen MR) is 29.6 cm³/mol. The summed E-state index contributed by atoms with van der Waals surface area (Å²) >= 11 is 0. The molecule has 2 nitrogen and oxygen atoms in total. The second-order valence-electron chi connectivity index (χ2n) is 0. The van der Waals surface area contributed by atoms with E-state index >= 15 is 0 Å². The molecule has 36 valence electrons. The third-order valence-electron chi connectivity index (χ3n) is 0. The van der Waals surface area contributed by atoms with E-state index in [2.05, 4.69) is 0 Å². The average Bonchev–Trinajstić information content (AvgIpc) is 0.